The lowest BCUT2D eigenvalue weighted by atomic mass is 10.4. The maximum Gasteiger partial charge on any atom is 0.500 e. The Bertz CT molecular complexity index is 176. The molecule has 0 amide bonds. The molecule has 0 aromatic rings. The molecule has 0 aromatic carbocycles. The van der Waals surface area contributed by atoms with E-state index in [1.165, 1.54) is 0 Å². The van der Waals surface area contributed by atoms with Gasteiger partial charge in [0, 0.05) is 53.6 Å². The Morgan fingerprint density at radius 1 is 0.889 bits per heavy atom. The van der Waals surface area contributed by atoms with E-state index in [0.29, 0.717) is 6.54 Å². The first-order valence-corrected chi connectivity index (χ1v) is 8.19. The Hall–Kier alpha value is -0.0631. The fraction of sp³-hybridized carbons (Fsp3) is 1.00. The third kappa shape index (κ3) is 8.11. The molecule has 0 saturated heterocycles. The summed E-state index contributed by atoms with van der Waals surface area (Å²) in [6.07, 6.45) is 0.970. The average molecular weight is 280 g/mol. The number of hydrogen-bond acceptors (Lipinski definition) is 7. The molecule has 0 spiro atoms. The molecule has 0 aliphatic rings. The van der Waals surface area contributed by atoms with Crippen LogP contribution in [0.3, 0.4) is 0 Å². The molecule has 7 nitrogen and oxygen atoms in total. The van der Waals surface area contributed by atoms with Gasteiger partial charge in [0.15, 0.2) is 0 Å². The lowest BCUT2D eigenvalue weighted by molar-refractivity contribution is 0.123. The maximum atomic E-state index is 5.34. The molecule has 8 heteroatoms. The van der Waals surface area contributed by atoms with Gasteiger partial charge in [-0.3, -0.25) is 10.9 Å². The van der Waals surface area contributed by atoms with Gasteiger partial charge in [-0.05, 0) is 13.0 Å². The van der Waals surface area contributed by atoms with Crippen LogP contribution in [0.5, 0.6) is 0 Å². The Labute approximate surface area is 111 Å². The van der Waals surface area contributed by atoms with Crippen molar-refractivity contribution in [2.75, 3.05) is 54.1 Å². The van der Waals surface area contributed by atoms with Crippen LogP contribution < -0.4 is 21.9 Å². The molecule has 0 rings (SSSR count). The first-order valence-electron chi connectivity index (χ1n) is 6.26. The van der Waals surface area contributed by atoms with Crippen molar-refractivity contribution in [3.8, 4) is 0 Å². The van der Waals surface area contributed by atoms with E-state index in [0.717, 1.165) is 38.6 Å². The second kappa shape index (κ2) is 12.0. The zero-order valence-electron chi connectivity index (χ0n) is 11.8. The van der Waals surface area contributed by atoms with Crippen LogP contribution in [-0.4, -0.2) is 62.9 Å². The van der Waals surface area contributed by atoms with Gasteiger partial charge in [0.2, 0.25) is 0 Å². The molecule has 0 radical (unpaired) electrons. The molecule has 0 aromatic heterocycles. The average Bonchev–Trinajstić information content (AvgIpc) is 2.42. The number of hydrazine groups is 1. The summed E-state index contributed by atoms with van der Waals surface area (Å²) in [5.41, 5.74) is 11.4. The Morgan fingerprint density at radius 2 is 1.50 bits per heavy atom. The van der Waals surface area contributed by atoms with Gasteiger partial charge in [0.1, 0.15) is 0 Å². The van der Waals surface area contributed by atoms with E-state index in [2.05, 4.69) is 16.2 Å². The highest BCUT2D eigenvalue weighted by Gasteiger charge is 2.36. The van der Waals surface area contributed by atoms with E-state index < -0.39 is 8.80 Å². The van der Waals surface area contributed by atoms with Crippen molar-refractivity contribution in [2.45, 2.75) is 12.5 Å². The molecule has 0 fully saturated rings. The highest BCUT2D eigenvalue weighted by molar-refractivity contribution is 6.60. The van der Waals surface area contributed by atoms with Crippen molar-refractivity contribution < 1.29 is 13.3 Å². The minimum atomic E-state index is -2.39. The van der Waals surface area contributed by atoms with Gasteiger partial charge in [-0.25, -0.2) is 0 Å². The second-order valence-electron chi connectivity index (χ2n) is 3.79. The standard InChI is InChI=1S/C10H28N4O3Si/c1-15-18(16-2,17-3)10-4-6-12-8-9-14-13-7-5-11/h12-14H,4-11H2,1-3H3. The van der Waals surface area contributed by atoms with Gasteiger partial charge >= 0.3 is 8.80 Å². The van der Waals surface area contributed by atoms with E-state index in [4.69, 9.17) is 19.0 Å². The summed E-state index contributed by atoms with van der Waals surface area (Å²) >= 11 is 0. The number of hydrogen-bond donors (Lipinski definition) is 4. The normalized spacial score (nSPS) is 12.0. The topological polar surface area (TPSA) is 89.8 Å². The van der Waals surface area contributed by atoms with Crippen LogP contribution in [0.25, 0.3) is 0 Å². The highest BCUT2D eigenvalue weighted by Crippen LogP contribution is 2.14. The van der Waals surface area contributed by atoms with Crippen molar-refractivity contribution in [3.05, 3.63) is 0 Å². The second-order valence-corrected chi connectivity index (χ2v) is 6.88. The lowest BCUT2D eigenvalue weighted by Gasteiger charge is -2.24. The zero-order chi connectivity index (χ0) is 13.7. The van der Waals surface area contributed by atoms with Crippen LogP contribution in [0.15, 0.2) is 0 Å². The third-order valence-corrected chi connectivity index (χ3v) is 5.42. The summed E-state index contributed by atoms with van der Waals surface area (Å²) < 4.78 is 16.0. The fourth-order valence-electron chi connectivity index (χ4n) is 1.51. The predicted octanol–water partition coefficient (Wildman–Crippen LogP) is -1.10. The van der Waals surface area contributed by atoms with Crippen LogP contribution in [0.2, 0.25) is 6.04 Å². The lowest BCUT2D eigenvalue weighted by Crippen LogP contribution is -2.43. The fourth-order valence-corrected chi connectivity index (χ4v) is 3.23. The van der Waals surface area contributed by atoms with Crippen LogP contribution >= 0.6 is 0 Å². The van der Waals surface area contributed by atoms with Crippen LogP contribution in [-0.2, 0) is 13.3 Å². The highest BCUT2D eigenvalue weighted by atomic mass is 28.4. The molecule has 0 aliphatic carbocycles. The van der Waals surface area contributed by atoms with Crippen LogP contribution in [0.1, 0.15) is 6.42 Å². The SMILES string of the molecule is CO[Si](CCCNCCNNCCN)(OC)OC. The summed E-state index contributed by atoms with van der Waals surface area (Å²) in [4.78, 5) is 0. The molecule has 0 saturated carbocycles. The molecular formula is C10H28N4O3Si. The van der Waals surface area contributed by atoms with E-state index >= 15 is 0 Å². The van der Waals surface area contributed by atoms with Crippen LogP contribution in [0, 0.1) is 0 Å². The Morgan fingerprint density at radius 3 is 2.06 bits per heavy atom. The van der Waals surface area contributed by atoms with Crippen LogP contribution in [0.4, 0.5) is 0 Å². The minimum absolute atomic E-state index is 0.637. The third-order valence-electron chi connectivity index (χ3n) is 2.59. The summed E-state index contributed by atoms with van der Waals surface area (Å²) in [5.74, 6) is 0. The quantitative estimate of drug-likeness (QED) is 0.193. The largest absolute Gasteiger partial charge is 0.500 e. The van der Waals surface area contributed by atoms with E-state index in [1.807, 2.05) is 0 Å². The van der Waals surface area contributed by atoms with Crippen molar-refractivity contribution in [1.29, 1.82) is 0 Å². The smallest absolute Gasteiger partial charge is 0.377 e. The first kappa shape index (κ1) is 17.9. The van der Waals surface area contributed by atoms with E-state index in [9.17, 15) is 0 Å². The minimum Gasteiger partial charge on any atom is -0.377 e. The van der Waals surface area contributed by atoms with Crippen molar-refractivity contribution >= 4 is 8.80 Å². The van der Waals surface area contributed by atoms with Gasteiger partial charge in [-0.1, -0.05) is 0 Å². The van der Waals surface area contributed by atoms with Crippen molar-refractivity contribution in [3.63, 3.8) is 0 Å². The maximum absolute atomic E-state index is 5.34. The number of rotatable bonds is 13. The predicted molar refractivity (Wildman–Crippen MR) is 74.1 cm³/mol. The first-order chi connectivity index (χ1) is 8.74. The molecule has 0 bridgehead atoms. The summed E-state index contributed by atoms with van der Waals surface area (Å²) in [7, 11) is 2.53. The van der Waals surface area contributed by atoms with E-state index in [-0.39, 0.29) is 0 Å². The molecule has 5 N–H and O–H groups in total. The summed E-state index contributed by atoms with van der Waals surface area (Å²) in [6, 6.07) is 0.822. The molecule has 0 aliphatic heterocycles. The molecular weight excluding hydrogens is 252 g/mol. The zero-order valence-corrected chi connectivity index (χ0v) is 12.8. The van der Waals surface area contributed by atoms with Crippen molar-refractivity contribution in [2.24, 2.45) is 5.73 Å². The molecule has 18 heavy (non-hydrogen) atoms. The molecule has 0 atom stereocenters. The van der Waals surface area contributed by atoms with Gasteiger partial charge in [0.05, 0.1) is 0 Å². The van der Waals surface area contributed by atoms with Crippen molar-refractivity contribution in [1.82, 2.24) is 16.2 Å². The molecule has 0 heterocycles. The summed E-state index contributed by atoms with van der Waals surface area (Å²) in [5, 5.41) is 3.33. The monoisotopic (exact) mass is 280 g/mol. The van der Waals surface area contributed by atoms with E-state index in [1.54, 1.807) is 21.3 Å². The molecule has 0 unspecified atom stereocenters. The Balaban J connectivity index is 3.38. The summed E-state index contributed by atoms with van der Waals surface area (Å²) in [6.45, 7) is 4.10. The van der Waals surface area contributed by atoms with Gasteiger partial charge in [0.25, 0.3) is 0 Å². The van der Waals surface area contributed by atoms with Gasteiger partial charge < -0.3 is 24.3 Å². The Kier molecular flexibility index (Phi) is 12.0. The molecule has 110 valence electrons. The number of nitrogens with two attached hydrogens (primary N) is 1. The van der Waals surface area contributed by atoms with Gasteiger partial charge in [-0.2, -0.15) is 0 Å². The number of nitrogens with one attached hydrogen (secondary N) is 3. The van der Waals surface area contributed by atoms with Gasteiger partial charge in [-0.15, -0.1) is 0 Å².